The topological polar surface area (TPSA) is 93.8 Å². The molecule has 0 amide bonds. The second kappa shape index (κ2) is 6.21. The van der Waals surface area contributed by atoms with Gasteiger partial charge >= 0.3 is 0 Å². The van der Waals surface area contributed by atoms with Crippen LogP contribution in [0, 0.1) is 0 Å². The molecule has 8 heteroatoms. The van der Waals surface area contributed by atoms with Crippen LogP contribution in [0.4, 0.5) is 5.82 Å². The van der Waals surface area contributed by atoms with E-state index >= 15 is 0 Å². The molecule has 24 heavy (non-hydrogen) atoms. The third-order valence-electron chi connectivity index (χ3n) is 3.30. The van der Waals surface area contributed by atoms with Crippen molar-refractivity contribution in [2.75, 3.05) is 5.43 Å². The number of fused-ring (bicyclic) bond motifs is 1. The molecule has 8 nitrogen and oxygen atoms in total. The zero-order valence-electron chi connectivity index (χ0n) is 12.5. The summed E-state index contributed by atoms with van der Waals surface area (Å²) in [6.07, 6.45) is 9.97. The van der Waals surface area contributed by atoms with Crippen molar-refractivity contribution in [2.45, 2.75) is 0 Å². The van der Waals surface area contributed by atoms with Crippen molar-refractivity contribution >= 4 is 23.1 Å². The number of nitrogens with zero attached hydrogens (tertiary/aromatic N) is 7. The molecule has 0 bridgehead atoms. The Kier molecular flexibility index (Phi) is 3.61. The molecule has 0 aliphatic rings. The Morgan fingerprint density at radius 1 is 1.00 bits per heavy atom. The molecule has 0 aliphatic heterocycles. The fourth-order valence-electron chi connectivity index (χ4n) is 2.20. The summed E-state index contributed by atoms with van der Waals surface area (Å²) in [5, 5.41) is 9.28. The van der Waals surface area contributed by atoms with E-state index in [0.29, 0.717) is 17.3 Å². The number of hydrazone groups is 1. The van der Waals surface area contributed by atoms with Gasteiger partial charge in [0.05, 0.1) is 17.8 Å². The Hall–Kier alpha value is -3.68. The largest absolute Gasteiger partial charge is 0.264 e. The number of nitrogens with one attached hydrogen (secondary N) is 1. The third kappa shape index (κ3) is 2.68. The van der Waals surface area contributed by atoms with Crippen LogP contribution < -0.4 is 5.43 Å². The summed E-state index contributed by atoms with van der Waals surface area (Å²) >= 11 is 0. The van der Waals surface area contributed by atoms with Gasteiger partial charge in [0.25, 0.3) is 0 Å². The van der Waals surface area contributed by atoms with Gasteiger partial charge in [0, 0.05) is 24.2 Å². The summed E-state index contributed by atoms with van der Waals surface area (Å²) in [7, 11) is 0. The lowest BCUT2D eigenvalue weighted by atomic mass is 10.3. The molecule has 4 rings (SSSR count). The molecular formula is C16H12N8. The number of rotatable bonds is 4. The molecule has 0 radical (unpaired) electrons. The van der Waals surface area contributed by atoms with E-state index in [-0.39, 0.29) is 0 Å². The van der Waals surface area contributed by atoms with E-state index in [2.05, 4.69) is 35.6 Å². The van der Waals surface area contributed by atoms with Gasteiger partial charge in [-0.3, -0.25) is 10.4 Å². The van der Waals surface area contributed by atoms with E-state index in [9.17, 15) is 0 Å². The van der Waals surface area contributed by atoms with E-state index in [0.717, 1.165) is 10.9 Å². The van der Waals surface area contributed by atoms with Crippen LogP contribution in [0.15, 0.2) is 66.5 Å². The van der Waals surface area contributed by atoms with Crippen molar-refractivity contribution in [1.29, 1.82) is 0 Å². The maximum Gasteiger partial charge on any atom is 0.170 e. The Morgan fingerprint density at radius 3 is 2.83 bits per heavy atom. The first kappa shape index (κ1) is 13.9. The van der Waals surface area contributed by atoms with E-state index in [1.54, 1.807) is 35.7 Å². The Labute approximate surface area is 136 Å². The van der Waals surface area contributed by atoms with Crippen LogP contribution in [0.3, 0.4) is 0 Å². The summed E-state index contributed by atoms with van der Waals surface area (Å²) in [5.74, 6) is 1.26. The van der Waals surface area contributed by atoms with Gasteiger partial charge in [-0.25, -0.2) is 15.0 Å². The zero-order chi connectivity index (χ0) is 16.2. The van der Waals surface area contributed by atoms with Gasteiger partial charge in [-0.1, -0.05) is 12.1 Å². The number of hydrogen-bond acceptors (Lipinski definition) is 7. The van der Waals surface area contributed by atoms with Crippen LogP contribution in [0.1, 0.15) is 5.56 Å². The maximum absolute atomic E-state index is 4.34. The monoisotopic (exact) mass is 316 g/mol. The SMILES string of the molecule is C(=N\Nc1ncnc2c1cnn2-c1ccccn1)/c1cccnc1. The summed E-state index contributed by atoms with van der Waals surface area (Å²) in [5.41, 5.74) is 4.46. The molecule has 0 saturated carbocycles. The Bertz CT molecular complexity index is 979. The van der Waals surface area contributed by atoms with Crippen LogP contribution in [0.25, 0.3) is 16.9 Å². The molecule has 4 heterocycles. The van der Waals surface area contributed by atoms with Crippen molar-refractivity contribution in [3.63, 3.8) is 0 Å². The number of anilines is 1. The number of aromatic nitrogens is 6. The number of pyridine rings is 2. The van der Waals surface area contributed by atoms with Gasteiger partial charge < -0.3 is 0 Å². The first-order chi connectivity index (χ1) is 11.9. The van der Waals surface area contributed by atoms with Crippen molar-refractivity contribution in [1.82, 2.24) is 29.7 Å². The highest BCUT2D eigenvalue weighted by Crippen LogP contribution is 2.20. The standard InChI is InChI=1S/C16H12N8/c1-2-7-18-14(5-1)24-16-13(10-22-24)15(19-11-20-16)23-21-9-12-4-3-6-17-8-12/h1-11H,(H,19,20,23)/b21-9+. The molecule has 0 unspecified atom stereocenters. The molecule has 0 aromatic carbocycles. The lowest BCUT2D eigenvalue weighted by Gasteiger charge is -2.02. The van der Waals surface area contributed by atoms with E-state index < -0.39 is 0 Å². The second-order valence-electron chi connectivity index (χ2n) is 4.86. The molecule has 0 spiro atoms. The molecule has 0 atom stereocenters. The van der Waals surface area contributed by atoms with Crippen LogP contribution in [0.2, 0.25) is 0 Å². The average molecular weight is 316 g/mol. The van der Waals surface area contributed by atoms with Crippen molar-refractivity contribution in [2.24, 2.45) is 5.10 Å². The average Bonchev–Trinajstić information content (AvgIpc) is 3.08. The quantitative estimate of drug-likeness (QED) is 0.457. The predicted molar refractivity (Wildman–Crippen MR) is 89.9 cm³/mol. The second-order valence-corrected chi connectivity index (χ2v) is 4.86. The highest BCUT2D eigenvalue weighted by molar-refractivity contribution is 5.87. The van der Waals surface area contributed by atoms with Gasteiger partial charge in [0.2, 0.25) is 0 Å². The van der Waals surface area contributed by atoms with E-state index in [1.165, 1.54) is 6.33 Å². The van der Waals surface area contributed by atoms with Gasteiger partial charge in [-0.2, -0.15) is 14.9 Å². The maximum atomic E-state index is 4.34. The highest BCUT2D eigenvalue weighted by atomic mass is 15.4. The van der Waals surface area contributed by atoms with Crippen LogP contribution >= 0.6 is 0 Å². The van der Waals surface area contributed by atoms with Crippen molar-refractivity contribution in [3.8, 4) is 5.82 Å². The normalized spacial score (nSPS) is 11.2. The van der Waals surface area contributed by atoms with Crippen LogP contribution in [-0.2, 0) is 0 Å². The summed E-state index contributed by atoms with van der Waals surface area (Å²) in [4.78, 5) is 16.8. The van der Waals surface area contributed by atoms with Gasteiger partial charge in [-0.05, 0) is 18.2 Å². The Morgan fingerprint density at radius 2 is 2.00 bits per heavy atom. The first-order valence-electron chi connectivity index (χ1n) is 7.21. The summed E-state index contributed by atoms with van der Waals surface area (Å²) < 4.78 is 1.66. The predicted octanol–water partition coefficient (Wildman–Crippen LogP) is 2.05. The molecule has 0 fully saturated rings. The Balaban J connectivity index is 1.65. The van der Waals surface area contributed by atoms with Gasteiger partial charge in [-0.15, -0.1) is 0 Å². The molecule has 4 aromatic heterocycles. The molecule has 116 valence electrons. The first-order valence-corrected chi connectivity index (χ1v) is 7.21. The smallest absolute Gasteiger partial charge is 0.170 e. The van der Waals surface area contributed by atoms with Gasteiger partial charge in [0.1, 0.15) is 6.33 Å². The van der Waals surface area contributed by atoms with Crippen molar-refractivity contribution in [3.05, 3.63) is 67.0 Å². The molecule has 0 aliphatic carbocycles. The molecule has 0 saturated heterocycles. The van der Waals surface area contributed by atoms with E-state index in [1.807, 2.05) is 30.3 Å². The minimum atomic E-state index is 0.572. The minimum absolute atomic E-state index is 0.572. The lowest BCUT2D eigenvalue weighted by Crippen LogP contribution is -2.01. The van der Waals surface area contributed by atoms with Crippen LogP contribution in [0.5, 0.6) is 0 Å². The van der Waals surface area contributed by atoms with Crippen LogP contribution in [-0.4, -0.2) is 35.9 Å². The summed E-state index contributed by atoms with van der Waals surface area (Å²) in [6.45, 7) is 0. The third-order valence-corrected chi connectivity index (χ3v) is 3.30. The van der Waals surface area contributed by atoms with E-state index in [4.69, 9.17) is 0 Å². The molecule has 1 N–H and O–H groups in total. The van der Waals surface area contributed by atoms with Gasteiger partial charge in [0.15, 0.2) is 17.3 Å². The fraction of sp³-hybridized carbons (Fsp3) is 0. The van der Waals surface area contributed by atoms with Crippen molar-refractivity contribution < 1.29 is 0 Å². The zero-order valence-corrected chi connectivity index (χ0v) is 12.5. The summed E-state index contributed by atoms with van der Waals surface area (Å²) in [6, 6.07) is 9.37. The fourth-order valence-corrected chi connectivity index (χ4v) is 2.20. The minimum Gasteiger partial charge on any atom is -0.264 e. The highest BCUT2D eigenvalue weighted by Gasteiger charge is 2.11. The number of hydrogen-bond donors (Lipinski definition) is 1. The lowest BCUT2D eigenvalue weighted by molar-refractivity contribution is 0.861. The molecule has 4 aromatic rings. The molecular weight excluding hydrogens is 304 g/mol.